The van der Waals surface area contributed by atoms with E-state index in [2.05, 4.69) is 28.2 Å². The Morgan fingerprint density at radius 1 is 1.12 bits per heavy atom. The predicted octanol–water partition coefficient (Wildman–Crippen LogP) is 5.83. The number of amides is 1. The number of aryl methyl sites for hydroxylation is 2. The fraction of sp³-hybridized carbons (Fsp3) is 0.150. The van der Waals surface area contributed by atoms with Gasteiger partial charge in [0.2, 0.25) is 0 Å². The Balaban J connectivity index is 1.87. The summed E-state index contributed by atoms with van der Waals surface area (Å²) in [5.41, 5.74) is 3.45. The normalized spacial score (nSPS) is 10.6. The van der Waals surface area contributed by atoms with Crippen LogP contribution in [0.25, 0.3) is 11.3 Å². The molecule has 1 N–H and O–H groups in total. The van der Waals surface area contributed by atoms with Gasteiger partial charge < -0.3 is 9.73 Å². The first-order chi connectivity index (χ1) is 11.6. The molecule has 0 radical (unpaired) electrons. The van der Waals surface area contributed by atoms with Crippen molar-refractivity contribution in [2.75, 3.05) is 5.32 Å². The van der Waals surface area contributed by atoms with Crippen molar-refractivity contribution in [3.05, 3.63) is 76.0 Å². The van der Waals surface area contributed by atoms with Crippen LogP contribution in [0.1, 0.15) is 28.6 Å². The third-order valence-corrected chi connectivity index (χ3v) is 4.47. The zero-order valence-electron chi connectivity index (χ0n) is 13.6. The second-order valence-corrected chi connectivity index (χ2v) is 6.47. The number of benzene rings is 2. The molecule has 0 spiro atoms. The van der Waals surface area contributed by atoms with Crippen molar-refractivity contribution >= 4 is 27.5 Å². The maximum absolute atomic E-state index is 12.6. The number of carbonyl (C=O) groups is 1. The summed E-state index contributed by atoms with van der Waals surface area (Å²) < 4.78 is 6.78. The molecule has 4 heteroatoms. The van der Waals surface area contributed by atoms with Crippen LogP contribution in [-0.2, 0) is 6.42 Å². The van der Waals surface area contributed by atoms with Crippen molar-refractivity contribution in [3.63, 3.8) is 0 Å². The highest BCUT2D eigenvalue weighted by atomic mass is 79.9. The third kappa shape index (κ3) is 3.44. The van der Waals surface area contributed by atoms with Crippen LogP contribution in [-0.4, -0.2) is 5.91 Å². The fourth-order valence-corrected chi connectivity index (χ4v) is 2.87. The van der Waals surface area contributed by atoms with Crippen molar-refractivity contribution in [2.45, 2.75) is 20.3 Å². The Morgan fingerprint density at radius 2 is 1.83 bits per heavy atom. The monoisotopic (exact) mass is 383 g/mol. The van der Waals surface area contributed by atoms with Gasteiger partial charge in [-0.1, -0.05) is 53.2 Å². The van der Waals surface area contributed by atoms with Gasteiger partial charge in [0.1, 0.15) is 11.5 Å². The minimum Gasteiger partial charge on any atom is -0.461 e. The van der Waals surface area contributed by atoms with Crippen LogP contribution in [0.2, 0.25) is 0 Å². The van der Waals surface area contributed by atoms with E-state index in [4.69, 9.17) is 4.42 Å². The quantitative estimate of drug-likeness (QED) is 0.615. The van der Waals surface area contributed by atoms with Gasteiger partial charge in [-0.15, -0.1) is 0 Å². The molecule has 122 valence electrons. The van der Waals surface area contributed by atoms with Gasteiger partial charge in [0.25, 0.3) is 5.91 Å². The van der Waals surface area contributed by atoms with Gasteiger partial charge in [0.05, 0.1) is 5.56 Å². The molecule has 1 heterocycles. The summed E-state index contributed by atoms with van der Waals surface area (Å²) in [7, 11) is 0. The van der Waals surface area contributed by atoms with Crippen molar-refractivity contribution in [1.29, 1.82) is 0 Å². The maximum Gasteiger partial charge on any atom is 0.259 e. The number of anilines is 1. The van der Waals surface area contributed by atoms with Crippen LogP contribution in [0.3, 0.4) is 0 Å². The largest absolute Gasteiger partial charge is 0.461 e. The zero-order valence-corrected chi connectivity index (χ0v) is 15.2. The van der Waals surface area contributed by atoms with Gasteiger partial charge in [0, 0.05) is 15.7 Å². The second kappa shape index (κ2) is 7.05. The molecule has 0 atom stereocenters. The first-order valence-corrected chi connectivity index (χ1v) is 8.63. The topological polar surface area (TPSA) is 42.2 Å². The Labute approximate surface area is 149 Å². The standard InChI is InChI=1S/C20H18BrNO2/c1-3-14-6-4-5-7-18(14)22-20(23)17-12-19(24-13(17)2)15-8-10-16(21)11-9-15/h4-12H,3H2,1-2H3,(H,22,23). The van der Waals surface area contributed by atoms with Crippen LogP contribution < -0.4 is 5.32 Å². The van der Waals surface area contributed by atoms with E-state index in [9.17, 15) is 4.79 Å². The van der Waals surface area contributed by atoms with E-state index < -0.39 is 0 Å². The van der Waals surface area contributed by atoms with Crippen LogP contribution in [0.15, 0.2) is 63.5 Å². The second-order valence-electron chi connectivity index (χ2n) is 5.55. The molecule has 0 saturated heterocycles. The Kier molecular flexibility index (Phi) is 4.86. The minimum atomic E-state index is -0.152. The van der Waals surface area contributed by atoms with Gasteiger partial charge in [-0.2, -0.15) is 0 Å². The van der Waals surface area contributed by atoms with Gasteiger partial charge in [-0.25, -0.2) is 0 Å². The SMILES string of the molecule is CCc1ccccc1NC(=O)c1cc(-c2ccc(Br)cc2)oc1C. The lowest BCUT2D eigenvalue weighted by molar-refractivity contribution is 0.102. The average Bonchev–Trinajstić information content (AvgIpc) is 2.98. The lowest BCUT2D eigenvalue weighted by Crippen LogP contribution is -2.13. The summed E-state index contributed by atoms with van der Waals surface area (Å²) in [4.78, 5) is 12.6. The Bertz CT molecular complexity index is 866. The van der Waals surface area contributed by atoms with Gasteiger partial charge >= 0.3 is 0 Å². The van der Waals surface area contributed by atoms with E-state index in [1.165, 1.54) is 0 Å². The molecule has 0 aliphatic rings. The Hall–Kier alpha value is -2.33. The van der Waals surface area contributed by atoms with Crippen molar-refractivity contribution in [2.24, 2.45) is 0 Å². The van der Waals surface area contributed by atoms with E-state index in [1.807, 2.05) is 55.5 Å². The Morgan fingerprint density at radius 3 is 2.54 bits per heavy atom. The molecular formula is C20H18BrNO2. The molecule has 0 fully saturated rings. The number of hydrogen-bond donors (Lipinski definition) is 1. The summed E-state index contributed by atoms with van der Waals surface area (Å²) >= 11 is 3.42. The number of carbonyl (C=O) groups excluding carboxylic acids is 1. The lowest BCUT2D eigenvalue weighted by atomic mass is 10.1. The number of halogens is 1. The first kappa shape index (κ1) is 16.5. The molecule has 2 aromatic carbocycles. The van der Waals surface area contributed by atoms with Crippen molar-refractivity contribution < 1.29 is 9.21 Å². The number of para-hydroxylation sites is 1. The van der Waals surface area contributed by atoms with Crippen LogP contribution >= 0.6 is 15.9 Å². The van der Waals surface area contributed by atoms with Gasteiger partial charge in [-0.3, -0.25) is 4.79 Å². The van der Waals surface area contributed by atoms with Crippen LogP contribution in [0.4, 0.5) is 5.69 Å². The lowest BCUT2D eigenvalue weighted by Gasteiger charge is -2.08. The summed E-state index contributed by atoms with van der Waals surface area (Å²) in [6, 6.07) is 17.4. The third-order valence-electron chi connectivity index (χ3n) is 3.94. The van der Waals surface area contributed by atoms with E-state index in [0.29, 0.717) is 17.1 Å². The highest BCUT2D eigenvalue weighted by Crippen LogP contribution is 2.27. The fourth-order valence-electron chi connectivity index (χ4n) is 2.60. The van der Waals surface area contributed by atoms with E-state index in [1.54, 1.807) is 6.07 Å². The smallest absolute Gasteiger partial charge is 0.259 e. The summed E-state index contributed by atoms with van der Waals surface area (Å²) in [6.07, 6.45) is 0.866. The van der Waals surface area contributed by atoms with Gasteiger partial charge in [0.15, 0.2) is 0 Å². The summed E-state index contributed by atoms with van der Waals surface area (Å²) in [5, 5.41) is 2.99. The molecule has 0 aliphatic heterocycles. The van der Waals surface area contributed by atoms with Crippen LogP contribution in [0, 0.1) is 6.92 Å². The molecule has 0 bridgehead atoms. The molecule has 3 aromatic rings. The molecular weight excluding hydrogens is 366 g/mol. The number of hydrogen-bond acceptors (Lipinski definition) is 2. The maximum atomic E-state index is 12.6. The van der Waals surface area contributed by atoms with E-state index in [0.717, 1.165) is 27.7 Å². The average molecular weight is 384 g/mol. The van der Waals surface area contributed by atoms with Crippen molar-refractivity contribution in [3.8, 4) is 11.3 Å². The number of furan rings is 1. The molecule has 1 aromatic heterocycles. The van der Waals surface area contributed by atoms with E-state index >= 15 is 0 Å². The zero-order chi connectivity index (χ0) is 17.1. The molecule has 3 nitrogen and oxygen atoms in total. The highest BCUT2D eigenvalue weighted by molar-refractivity contribution is 9.10. The number of nitrogens with one attached hydrogen (secondary N) is 1. The predicted molar refractivity (Wildman–Crippen MR) is 100 cm³/mol. The molecule has 0 unspecified atom stereocenters. The van der Waals surface area contributed by atoms with Crippen LogP contribution in [0.5, 0.6) is 0 Å². The number of rotatable bonds is 4. The van der Waals surface area contributed by atoms with Crippen molar-refractivity contribution in [1.82, 2.24) is 0 Å². The summed E-state index contributed by atoms with van der Waals surface area (Å²) in [5.74, 6) is 1.15. The summed E-state index contributed by atoms with van der Waals surface area (Å²) in [6.45, 7) is 3.88. The highest BCUT2D eigenvalue weighted by Gasteiger charge is 2.17. The molecule has 0 aliphatic carbocycles. The molecule has 0 saturated carbocycles. The molecule has 24 heavy (non-hydrogen) atoms. The molecule has 3 rings (SSSR count). The van der Waals surface area contributed by atoms with Gasteiger partial charge in [-0.05, 0) is 43.2 Å². The minimum absolute atomic E-state index is 0.152. The van der Waals surface area contributed by atoms with E-state index in [-0.39, 0.29) is 5.91 Å². The first-order valence-electron chi connectivity index (χ1n) is 7.84. The molecule has 1 amide bonds.